The van der Waals surface area contributed by atoms with Crippen LogP contribution in [0.3, 0.4) is 0 Å². The summed E-state index contributed by atoms with van der Waals surface area (Å²) in [5, 5.41) is 11.2. The molecule has 1 atom stereocenters. The molecule has 174 valence electrons. The van der Waals surface area contributed by atoms with Gasteiger partial charge >= 0.3 is 0 Å². The van der Waals surface area contributed by atoms with Gasteiger partial charge in [0.15, 0.2) is 5.96 Å². The van der Waals surface area contributed by atoms with Crippen LogP contribution in [-0.2, 0) is 17.9 Å². The SMILES string of the molecule is CN=C(NCc1cccc(Cn2cccn2)c1)NC1CCN(C(=O)C2CCCCC2)C1.I. The van der Waals surface area contributed by atoms with Crippen molar-refractivity contribution in [2.24, 2.45) is 10.9 Å². The van der Waals surface area contributed by atoms with E-state index in [0.717, 1.165) is 44.9 Å². The first kappa shape index (κ1) is 24.5. The number of hydrogen-bond acceptors (Lipinski definition) is 3. The smallest absolute Gasteiger partial charge is 0.225 e. The van der Waals surface area contributed by atoms with Gasteiger partial charge < -0.3 is 15.5 Å². The summed E-state index contributed by atoms with van der Waals surface area (Å²) in [6.45, 7) is 3.08. The molecule has 1 unspecified atom stereocenters. The number of rotatable bonds is 6. The Bertz CT molecular complexity index is 878. The van der Waals surface area contributed by atoms with Crippen molar-refractivity contribution in [1.29, 1.82) is 0 Å². The van der Waals surface area contributed by atoms with Gasteiger partial charge in [-0.1, -0.05) is 43.5 Å². The number of carbonyl (C=O) groups is 1. The third kappa shape index (κ3) is 6.70. The quantitative estimate of drug-likeness (QED) is 0.329. The van der Waals surface area contributed by atoms with Gasteiger partial charge in [-0.05, 0) is 36.5 Å². The minimum absolute atomic E-state index is 0. The third-order valence-electron chi connectivity index (χ3n) is 6.37. The van der Waals surface area contributed by atoms with E-state index in [1.165, 1.54) is 30.4 Å². The number of nitrogens with one attached hydrogen (secondary N) is 2. The Morgan fingerprint density at radius 1 is 1.16 bits per heavy atom. The molecule has 7 nitrogen and oxygen atoms in total. The molecule has 1 aliphatic carbocycles. The predicted molar refractivity (Wildman–Crippen MR) is 138 cm³/mol. The fraction of sp³-hybridized carbons (Fsp3) is 0.542. The number of nitrogens with zero attached hydrogens (tertiary/aromatic N) is 4. The summed E-state index contributed by atoms with van der Waals surface area (Å²) in [5.74, 6) is 1.40. The molecule has 0 radical (unpaired) electrons. The maximum absolute atomic E-state index is 12.8. The van der Waals surface area contributed by atoms with Crippen LogP contribution in [0, 0.1) is 5.92 Å². The van der Waals surface area contributed by atoms with Gasteiger partial charge in [0.05, 0.1) is 6.54 Å². The zero-order valence-electron chi connectivity index (χ0n) is 18.9. The van der Waals surface area contributed by atoms with E-state index in [1.807, 2.05) is 16.9 Å². The lowest BCUT2D eigenvalue weighted by Crippen LogP contribution is -2.45. The van der Waals surface area contributed by atoms with Gasteiger partial charge in [0.1, 0.15) is 0 Å². The van der Waals surface area contributed by atoms with Crippen molar-refractivity contribution >= 4 is 35.8 Å². The number of halogens is 1. The lowest BCUT2D eigenvalue weighted by atomic mass is 9.88. The van der Waals surface area contributed by atoms with Gasteiger partial charge in [0.25, 0.3) is 0 Å². The number of carbonyl (C=O) groups excluding carboxylic acids is 1. The lowest BCUT2D eigenvalue weighted by molar-refractivity contribution is -0.135. The van der Waals surface area contributed by atoms with Gasteiger partial charge in [0.2, 0.25) is 5.91 Å². The van der Waals surface area contributed by atoms with Crippen LogP contribution in [0.15, 0.2) is 47.7 Å². The van der Waals surface area contributed by atoms with E-state index in [1.54, 1.807) is 13.2 Å². The Hall–Kier alpha value is -2.10. The fourth-order valence-corrected chi connectivity index (χ4v) is 4.68. The monoisotopic (exact) mass is 550 g/mol. The van der Waals surface area contributed by atoms with Crippen molar-refractivity contribution in [1.82, 2.24) is 25.3 Å². The Morgan fingerprint density at radius 2 is 1.97 bits per heavy atom. The van der Waals surface area contributed by atoms with Crippen molar-refractivity contribution in [2.75, 3.05) is 20.1 Å². The highest BCUT2D eigenvalue weighted by molar-refractivity contribution is 14.0. The minimum atomic E-state index is 0. The molecular weight excluding hydrogens is 515 g/mol. The summed E-state index contributed by atoms with van der Waals surface area (Å²) in [7, 11) is 1.80. The second-order valence-corrected chi connectivity index (χ2v) is 8.70. The molecule has 0 spiro atoms. The topological polar surface area (TPSA) is 74.6 Å². The van der Waals surface area contributed by atoms with Crippen LogP contribution in [0.4, 0.5) is 0 Å². The molecule has 2 aromatic rings. The molecule has 4 rings (SSSR count). The van der Waals surface area contributed by atoms with Crippen LogP contribution in [0.2, 0.25) is 0 Å². The highest BCUT2D eigenvalue weighted by Crippen LogP contribution is 2.26. The molecule has 1 aromatic heterocycles. The Morgan fingerprint density at radius 3 is 2.72 bits per heavy atom. The van der Waals surface area contributed by atoms with E-state index in [0.29, 0.717) is 12.5 Å². The number of amides is 1. The molecular formula is C24H35IN6O. The standard InChI is InChI=1S/C24H34N6O.HI/c1-25-24(26-16-19-7-5-8-20(15-19)17-30-13-6-12-27-30)28-22-11-14-29(18-22)23(31)21-9-3-2-4-10-21;/h5-8,12-13,15,21-22H,2-4,9-11,14,16-18H2,1H3,(H2,25,26,28);1H. The molecule has 2 aliphatic rings. The third-order valence-corrected chi connectivity index (χ3v) is 6.37. The van der Waals surface area contributed by atoms with E-state index < -0.39 is 0 Å². The summed E-state index contributed by atoms with van der Waals surface area (Å²) in [4.78, 5) is 19.2. The van der Waals surface area contributed by atoms with Gasteiger partial charge in [-0.3, -0.25) is 14.5 Å². The number of aliphatic imine (C=N–C) groups is 1. The fourth-order valence-electron chi connectivity index (χ4n) is 4.68. The molecule has 1 aliphatic heterocycles. The summed E-state index contributed by atoms with van der Waals surface area (Å²) in [6, 6.07) is 10.7. The van der Waals surface area contributed by atoms with E-state index in [4.69, 9.17) is 0 Å². The van der Waals surface area contributed by atoms with E-state index >= 15 is 0 Å². The first-order chi connectivity index (χ1) is 15.2. The second-order valence-electron chi connectivity index (χ2n) is 8.70. The van der Waals surface area contributed by atoms with Gasteiger partial charge in [0, 0.05) is 51.0 Å². The van der Waals surface area contributed by atoms with Crippen LogP contribution < -0.4 is 10.6 Å². The Kier molecular flexibility index (Phi) is 9.37. The van der Waals surface area contributed by atoms with E-state index in [-0.39, 0.29) is 35.9 Å². The molecule has 32 heavy (non-hydrogen) atoms. The van der Waals surface area contributed by atoms with Crippen molar-refractivity contribution in [3.8, 4) is 0 Å². The lowest BCUT2D eigenvalue weighted by Gasteiger charge is -2.26. The molecule has 1 saturated heterocycles. The molecule has 2 N–H and O–H groups in total. The number of benzene rings is 1. The summed E-state index contributed by atoms with van der Waals surface area (Å²) < 4.78 is 1.92. The van der Waals surface area contributed by atoms with Crippen LogP contribution in [-0.4, -0.2) is 52.7 Å². The molecule has 2 fully saturated rings. The number of likely N-dealkylation sites (tertiary alicyclic amines) is 1. The highest BCUT2D eigenvalue weighted by atomic mass is 127. The van der Waals surface area contributed by atoms with Crippen molar-refractivity contribution in [2.45, 2.75) is 57.7 Å². The van der Waals surface area contributed by atoms with Gasteiger partial charge in [-0.15, -0.1) is 24.0 Å². The van der Waals surface area contributed by atoms with Crippen molar-refractivity contribution in [3.63, 3.8) is 0 Å². The highest BCUT2D eigenvalue weighted by Gasteiger charge is 2.31. The zero-order valence-corrected chi connectivity index (χ0v) is 21.2. The molecule has 1 saturated carbocycles. The van der Waals surface area contributed by atoms with Gasteiger partial charge in [-0.2, -0.15) is 5.10 Å². The van der Waals surface area contributed by atoms with E-state index in [2.05, 4.69) is 49.9 Å². The first-order valence-electron chi connectivity index (χ1n) is 11.5. The molecule has 8 heteroatoms. The summed E-state index contributed by atoms with van der Waals surface area (Å²) in [6.07, 6.45) is 10.6. The van der Waals surface area contributed by atoms with Gasteiger partial charge in [-0.25, -0.2) is 0 Å². The Labute approximate surface area is 208 Å². The summed E-state index contributed by atoms with van der Waals surface area (Å²) >= 11 is 0. The number of hydrogen-bond donors (Lipinski definition) is 2. The largest absolute Gasteiger partial charge is 0.352 e. The molecule has 2 heterocycles. The maximum atomic E-state index is 12.8. The Balaban J connectivity index is 0.00000289. The van der Waals surface area contributed by atoms with Crippen LogP contribution >= 0.6 is 24.0 Å². The van der Waals surface area contributed by atoms with Crippen LogP contribution in [0.25, 0.3) is 0 Å². The maximum Gasteiger partial charge on any atom is 0.225 e. The molecule has 0 bridgehead atoms. The van der Waals surface area contributed by atoms with Crippen molar-refractivity contribution < 1.29 is 4.79 Å². The first-order valence-corrected chi connectivity index (χ1v) is 11.5. The second kappa shape index (κ2) is 12.2. The molecule has 1 aromatic carbocycles. The zero-order chi connectivity index (χ0) is 21.5. The normalized spacial score (nSPS) is 19.5. The summed E-state index contributed by atoms with van der Waals surface area (Å²) in [5.41, 5.74) is 2.42. The van der Waals surface area contributed by atoms with Crippen LogP contribution in [0.1, 0.15) is 49.7 Å². The van der Waals surface area contributed by atoms with Crippen LogP contribution in [0.5, 0.6) is 0 Å². The predicted octanol–water partition coefficient (Wildman–Crippen LogP) is 3.40. The number of aromatic nitrogens is 2. The minimum Gasteiger partial charge on any atom is -0.352 e. The average Bonchev–Trinajstić information content (AvgIpc) is 3.49. The number of guanidine groups is 1. The molecule has 1 amide bonds. The van der Waals surface area contributed by atoms with Crippen molar-refractivity contribution in [3.05, 3.63) is 53.9 Å². The van der Waals surface area contributed by atoms with E-state index in [9.17, 15) is 4.79 Å². The average molecular weight is 550 g/mol.